The molecule has 2 aromatic rings. The molecule has 1 aliphatic heterocycles. The highest BCUT2D eigenvalue weighted by Gasteiger charge is 2.30. The molecule has 1 aromatic heterocycles. The zero-order valence-corrected chi connectivity index (χ0v) is 13.4. The van der Waals surface area contributed by atoms with Gasteiger partial charge in [0.25, 0.3) is 10.0 Å². The van der Waals surface area contributed by atoms with Crippen molar-refractivity contribution in [3.8, 4) is 0 Å². The molecule has 0 unspecified atom stereocenters. The number of thiophene rings is 1. The first-order valence-corrected chi connectivity index (χ1v) is 9.39. The molecule has 21 heavy (non-hydrogen) atoms. The Kier molecular flexibility index (Phi) is 4.40. The summed E-state index contributed by atoms with van der Waals surface area (Å²) >= 11 is 1.29. The summed E-state index contributed by atoms with van der Waals surface area (Å²) in [7, 11) is -3.28. The molecule has 6 heteroatoms. The lowest BCUT2D eigenvalue weighted by Gasteiger charge is -2.31. The molecular weight excluding hydrogens is 304 g/mol. The molecule has 0 radical (unpaired) electrons. The number of nitrogens with zero attached hydrogens (tertiary/aromatic N) is 1. The van der Waals surface area contributed by atoms with Crippen LogP contribution < -0.4 is 4.90 Å². The lowest BCUT2D eigenvalue weighted by atomic mass is 10.2. The predicted molar refractivity (Wildman–Crippen MR) is 83.9 cm³/mol. The van der Waals surface area contributed by atoms with Crippen LogP contribution in [0, 0.1) is 0 Å². The van der Waals surface area contributed by atoms with Gasteiger partial charge >= 0.3 is 0 Å². The summed E-state index contributed by atoms with van der Waals surface area (Å²) in [5.74, 6) is 0. The molecule has 0 spiro atoms. The minimum absolute atomic E-state index is 0.453. The maximum atomic E-state index is 12.4. The summed E-state index contributed by atoms with van der Waals surface area (Å²) in [6.45, 7) is 3.89. The van der Waals surface area contributed by atoms with Gasteiger partial charge in [0, 0.05) is 5.56 Å². The first-order valence-electron chi connectivity index (χ1n) is 7.07. The molecule has 4 nitrogen and oxygen atoms in total. The van der Waals surface area contributed by atoms with E-state index in [1.54, 1.807) is 16.4 Å². The van der Waals surface area contributed by atoms with Gasteiger partial charge in [-0.15, -0.1) is 11.3 Å². The van der Waals surface area contributed by atoms with Gasteiger partial charge in [-0.3, -0.25) is 0 Å². The fourth-order valence-corrected chi connectivity index (χ4v) is 5.23. The number of piperazine rings is 1. The maximum absolute atomic E-state index is 12.4. The highest BCUT2D eigenvalue weighted by Crippen LogP contribution is 2.20. The molecule has 0 saturated carbocycles. The highest BCUT2D eigenvalue weighted by atomic mass is 32.2. The summed E-state index contributed by atoms with van der Waals surface area (Å²) < 4.78 is 27.0. The number of hydrogen-bond donors (Lipinski definition) is 1. The van der Waals surface area contributed by atoms with Crippen molar-refractivity contribution in [1.29, 1.82) is 0 Å². The number of rotatable bonds is 4. The summed E-state index contributed by atoms with van der Waals surface area (Å²) in [6, 6.07) is 13.8. The number of hydrogen-bond acceptors (Lipinski definition) is 3. The molecule has 0 aliphatic carbocycles. The molecule has 1 aliphatic rings. The third-order valence-corrected chi connectivity index (χ3v) is 7.09. The zero-order valence-electron chi connectivity index (χ0n) is 11.7. The van der Waals surface area contributed by atoms with E-state index in [9.17, 15) is 8.42 Å². The number of benzene rings is 1. The van der Waals surface area contributed by atoms with Gasteiger partial charge in [0.15, 0.2) is 0 Å². The second kappa shape index (κ2) is 6.27. The lowest BCUT2D eigenvalue weighted by molar-refractivity contribution is -0.917. The fourth-order valence-electron chi connectivity index (χ4n) is 2.64. The Morgan fingerprint density at radius 2 is 1.76 bits per heavy atom. The standard InChI is InChI=1S/C15H18N2O2S2/c18-21(19,15-7-4-12-20-15)17-10-8-16(9-11-17)13-14-5-2-1-3-6-14/h1-7,12H,8-11,13H2/p+1. The molecular formula is C15H19N2O2S2+. The van der Waals surface area contributed by atoms with Gasteiger partial charge in [0.2, 0.25) is 0 Å². The van der Waals surface area contributed by atoms with Crippen LogP contribution in [0.5, 0.6) is 0 Å². The Balaban J connectivity index is 1.61. The van der Waals surface area contributed by atoms with Crippen molar-refractivity contribution in [2.45, 2.75) is 10.8 Å². The van der Waals surface area contributed by atoms with Crippen molar-refractivity contribution in [2.75, 3.05) is 26.2 Å². The molecule has 1 fully saturated rings. The Morgan fingerprint density at radius 3 is 2.38 bits per heavy atom. The smallest absolute Gasteiger partial charge is 0.252 e. The molecule has 0 bridgehead atoms. The van der Waals surface area contributed by atoms with E-state index >= 15 is 0 Å². The Morgan fingerprint density at radius 1 is 1.05 bits per heavy atom. The molecule has 1 saturated heterocycles. The highest BCUT2D eigenvalue weighted by molar-refractivity contribution is 7.91. The minimum Gasteiger partial charge on any atom is -0.329 e. The second-order valence-corrected chi connectivity index (χ2v) is 8.36. The minimum atomic E-state index is -3.28. The quantitative estimate of drug-likeness (QED) is 0.906. The van der Waals surface area contributed by atoms with E-state index in [2.05, 4.69) is 12.1 Å². The van der Waals surface area contributed by atoms with Gasteiger partial charge in [0.05, 0.1) is 26.2 Å². The van der Waals surface area contributed by atoms with E-state index in [0.29, 0.717) is 17.3 Å². The predicted octanol–water partition coefficient (Wildman–Crippen LogP) is 0.837. The summed E-state index contributed by atoms with van der Waals surface area (Å²) in [6.07, 6.45) is 0. The Hall–Kier alpha value is -1.21. The molecule has 1 N–H and O–H groups in total. The van der Waals surface area contributed by atoms with Crippen LogP contribution in [-0.4, -0.2) is 38.9 Å². The molecule has 112 valence electrons. The molecule has 2 heterocycles. The first kappa shape index (κ1) is 14.7. The second-order valence-electron chi connectivity index (χ2n) is 5.25. The largest absolute Gasteiger partial charge is 0.329 e. The van der Waals surface area contributed by atoms with Crippen LogP contribution in [0.4, 0.5) is 0 Å². The van der Waals surface area contributed by atoms with Gasteiger partial charge in [-0.2, -0.15) is 4.31 Å². The molecule has 3 rings (SSSR count). The monoisotopic (exact) mass is 323 g/mol. The van der Waals surface area contributed by atoms with Gasteiger partial charge < -0.3 is 4.90 Å². The van der Waals surface area contributed by atoms with Crippen LogP contribution in [0.25, 0.3) is 0 Å². The van der Waals surface area contributed by atoms with Gasteiger partial charge in [-0.1, -0.05) is 36.4 Å². The third kappa shape index (κ3) is 3.35. The van der Waals surface area contributed by atoms with Crippen molar-refractivity contribution in [2.24, 2.45) is 0 Å². The summed E-state index contributed by atoms with van der Waals surface area (Å²) in [5.41, 5.74) is 1.31. The van der Waals surface area contributed by atoms with E-state index in [4.69, 9.17) is 0 Å². The Labute approximate surface area is 129 Å². The van der Waals surface area contributed by atoms with Gasteiger partial charge in [-0.05, 0) is 11.4 Å². The average Bonchev–Trinajstić information content (AvgIpc) is 3.04. The molecule has 0 amide bonds. The van der Waals surface area contributed by atoms with E-state index in [-0.39, 0.29) is 0 Å². The zero-order chi connectivity index (χ0) is 14.7. The van der Waals surface area contributed by atoms with Crippen LogP contribution >= 0.6 is 11.3 Å². The van der Waals surface area contributed by atoms with Crippen LogP contribution in [0.3, 0.4) is 0 Å². The van der Waals surface area contributed by atoms with Crippen molar-refractivity contribution < 1.29 is 13.3 Å². The van der Waals surface area contributed by atoms with Crippen molar-refractivity contribution in [3.05, 3.63) is 53.4 Å². The fraction of sp³-hybridized carbons (Fsp3) is 0.333. The van der Waals surface area contributed by atoms with Crippen molar-refractivity contribution in [3.63, 3.8) is 0 Å². The van der Waals surface area contributed by atoms with E-state index < -0.39 is 10.0 Å². The lowest BCUT2D eigenvalue weighted by Crippen LogP contribution is -3.13. The van der Waals surface area contributed by atoms with Crippen LogP contribution in [-0.2, 0) is 16.6 Å². The van der Waals surface area contributed by atoms with Crippen LogP contribution in [0.2, 0.25) is 0 Å². The summed E-state index contributed by atoms with van der Waals surface area (Å²) in [5, 5.41) is 1.81. The van der Waals surface area contributed by atoms with Crippen molar-refractivity contribution >= 4 is 21.4 Å². The number of quaternary nitrogens is 1. The van der Waals surface area contributed by atoms with Gasteiger partial charge in [0.1, 0.15) is 10.8 Å². The van der Waals surface area contributed by atoms with Crippen molar-refractivity contribution in [1.82, 2.24) is 4.31 Å². The maximum Gasteiger partial charge on any atom is 0.252 e. The number of sulfonamides is 1. The van der Waals surface area contributed by atoms with Crippen LogP contribution in [0.1, 0.15) is 5.56 Å². The van der Waals surface area contributed by atoms with Gasteiger partial charge in [-0.25, -0.2) is 8.42 Å². The van der Waals surface area contributed by atoms with E-state index in [1.807, 2.05) is 23.6 Å². The van der Waals surface area contributed by atoms with E-state index in [0.717, 1.165) is 19.6 Å². The first-order chi connectivity index (χ1) is 10.2. The molecule has 1 aromatic carbocycles. The molecule has 0 atom stereocenters. The SMILES string of the molecule is O=S(=O)(c1cccs1)N1CC[NH+](Cc2ccccc2)CC1. The average molecular weight is 323 g/mol. The number of nitrogens with one attached hydrogen (secondary N) is 1. The normalized spacial score (nSPS) is 17.9. The third-order valence-electron chi connectivity index (χ3n) is 3.82. The van der Waals surface area contributed by atoms with Crippen LogP contribution in [0.15, 0.2) is 52.1 Å². The Bertz CT molecular complexity index is 661. The topological polar surface area (TPSA) is 41.8 Å². The van der Waals surface area contributed by atoms with E-state index in [1.165, 1.54) is 21.8 Å². The summed E-state index contributed by atoms with van der Waals surface area (Å²) in [4.78, 5) is 1.44.